The quantitative estimate of drug-likeness (QED) is 0.757. The van der Waals surface area contributed by atoms with Gasteiger partial charge < -0.3 is 5.32 Å². The van der Waals surface area contributed by atoms with Gasteiger partial charge in [-0.15, -0.1) is 0 Å². The average molecular weight is 297 g/mol. The lowest BCUT2D eigenvalue weighted by atomic mass is 10.0. The van der Waals surface area contributed by atoms with Gasteiger partial charge in [-0.1, -0.05) is 36.7 Å². The van der Waals surface area contributed by atoms with Crippen LogP contribution in [0.25, 0.3) is 22.0 Å². The number of aromatic nitrogens is 1. The lowest BCUT2D eigenvalue weighted by Crippen LogP contribution is -2.12. The van der Waals surface area contributed by atoms with Gasteiger partial charge in [0.1, 0.15) is 0 Å². The van der Waals surface area contributed by atoms with E-state index in [0.717, 1.165) is 34.6 Å². The van der Waals surface area contributed by atoms with E-state index in [0.29, 0.717) is 0 Å². The third kappa shape index (κ3) is 3.07. The zero-order valence-electron chi connectivity index (χ0n) is 11.9. The summed E-state index contributed by atoms with van der Waals surface area (Å²) in [7, 11) is 0. The molecule has 0 radical (unpaired) electrons. The van der Waals surface area contributed by atoms with Gasteiger partial charge in [-0.3, -0.25) is 4.98 Å². The van der Waals surface area contributed by atoms with Gasteiger partial charge in [0, 0.05) is 23.2 Å². The lowest BCUT2D eigenvalue weighted by molar-refractivity contribution is 0.727. The lowest BCUT2D eigenvalue weighted by Gasteiger charge is -2.09. The molecule has 0 aliphatic heterocycles. The monoisotopic (exact) mass is 296 g/mol. The number of hydrogen-bond donors (Lipinski definition) is 1. The van der Waals surface area contributed by atoms with Gasteiger partial charge in [0.15, 0.2) is 0 Å². The van der Waals surface area contributed by atoms with Gasteiger partial charge in [0.05, 0.1) is 5.52 Å². The Bertz CT molecular complexity index is 768. The zero-order chi connectivity index (χ0) is 14.7. The van der Waals surface area contributed by atoms with E-state index in [1.165, 1.54) is 11.1 Å². The molecule has 3 rings (SSSR count). The van der Waals surface area contributed by atoms with Crippen LogP contribution in [0.3, 0.4) is 0 Å². The van der Waals surface area contributed by atoms with Crippen LogP contribution in [0.4, 0.5) is 0 Å². The van der Waals surface area contributed by atoms with Crippen LogP contribution in [-0.2, 0) is 6.54 Å². The number of nitrogens with one attached hydrogen (secondary N) is 1. The number of nitrogens with zero attached hydrogens (tertiary/aromatic N) is 1. The third-order valence-electron chi connectivity index (χ3n) is 3.55. The van der Waals surface area contributed by atoms with Crippen molar-refractivity contribution in [1.82, 2.24) is 10.3 Å². The summed E-state index contributed by atoms with van der Waals surface area (Å²) in [5, 5.41) is 5.28. The second-order valence-electron chi connectivity index (χ2n) is 5.00. The van der Waals surface area contributed by atoms with E-state index in [1.54, 1.807) is 0 Å². The molecule has 106 valence electrons. The Morgan fingerprint density at radius 3 is 2.71 bits per heavy atom. The second-order valence-corrected chi connectivity index (χ2v) is 5.40. The summed E-state index contributed by atoms with van der Waals surface area (Å²) in [6.45, 7) is 3.81. The van der Waals surface area contributed by atoms with Crippen molar-refractivity contribution in [2.75, 3.05) is 6.54 Å². The Kier molecular flexibility index (Phi) is 4.18. The van der Waals surface area contributed by atoms with E-state index < -0.39 is 0 Å². The van der Waals surface area contributed by atoms with Crippen molar-refractivity contribution in [3.05, 3.63) is 65.3 Å². The van der Waals surface area contributed by atoms with Crippen LogP contribution in [0, 0.1) is 0 Å². The standard InChI is InChI=1S/C18H17ClN2/c1-2-20-12-16-11-13(5-7-17(16)19)14-6-8-18-15(10-14)4-3-9-21-18/h3-11,20H,2,12H2,1H3. The van der Waals surface area contributed by atoms with Crippen LogP contribution in [-0.4, -0.2) is 11.5 Å². The number of hydrogen-bond acceptors (Lipinski definition) is 2. The molecule has 0 saturated carbocycles. The number of rotatable bonds is 4. The van der Waals surface area contributed by atoms with Crippen molar-refractivity contribution < 1.29 is 0 Å². The SMILES string of the molecule is CCNCc1cc(-c2ccc3ncccc3c2)ccc1Cl. The molecule has 2 aromatic carbocycles. The van der Waals surface area contributed by atoms with Crippen molar-refractivity contribution in [2.24, 2.45) is 0 Å². The second kappa shape index (κ2) is 6.25. The van der Waals surface area contributed by atoms with Crippen LogP contribution in [0.1, 0.15) is 12.5 Å². The van der Waals surface area contributed by atoms with Crippen LogP contribution in [0.5, 0.6) is 0 Å². The van der Waals surface area contributed by atoms with E-state index in [-0.39, 0.29) is 0 Å². The highest BCUT2D eigenvalue weighted by Gasteiger charge is 2.05. The molecule has 0 aliphatic carbocycles. The highest BCUT2D eigenvalue weighted by atomic mass is 35.5. The van der Waals surface area contributed by atoms with Gasteiger partial charge in [-0.25, -0.2) is 0 Å². The molecule has 0 unspecified atom stereocenters. The molecule has 3 aromatic rings. The topological polar surface area (TPSA) is 24.9 Å². The first-order chi connectivity index (χ1) is 10.3. The van der Waals surface area contributed by atoms with Crippen LogP contribution in [0.2, 0.25) is 5.02 Å². The van der Waals surface area contributed by atoms with Crippen LogP contribution in [0.15, 0.2) is 54.7 Å². The highest BCUT2D eigenvalue weighted by Crippen LogP contribution is 2.27. The minimum absolute atomic E-state index is 0.790. The molecular formula is C18H17ClN2. The molecule has 0 fully saturated rings. The van der Waals surface area contributed by atoms with Gasteiger partial charge in [-0.05, 0) is 53.6 Å². The fourth-order valence-corrected chi connectivity index (χ4v) is 2.59. The first-order valence-corrected chi connectivity index (χ1v) is 7.50. The summed E-state index contributed by atoms with van der Waals surface area (Å²) in [5.74, 6) is 0. The summed E-state index contributed by atoms with van der Waals surface area (Å²) < 4.78 is 0. The highest BCUT2D eigenvalue weighted by molar-refractivity contribution is 6.31. The number of halogens is 1. The molecule has 0 saturated heterocycles. The van der Waals surface area contributed by atoms with Crippen molar-refractivity contribution in [1.29, 1.82) is 0 Å². The van der Waals surface area contributed by atoms with Crippen molar-refractivity contribution >= 4 is 22.5 Å². The normalized spacial score (nSPS) is 11.0. The molecule has 2 nitrogen and oxygen atoms in total. The molecule has 0 amide bonds. The van der Waals surface area contributed by atoms with E-state index in [9.17, 15) is 0 Å². The maximum Gasteiger partial charge on any atom is 0.0702 e. The number of benzene rings is 2. The summed E-state index contributed by atoms with van der Waals surface area (Å²) in [4.78, 5) is 4.36. The van der Waals surface area contributed by atoms with Gasteiger partial charge >= 0.3 is 0 Å². The molecule has 0 aliphatic rings. The molecule has 21 heavy (non-hydrogen) atoms. The van der Waals surface area contributed by atoms with Gasteiger partial charge in [-0.2, -0.15) is 0 Å². The van der Waals surface area contributed by atoms with E-state index in [4.69, 9.17) is 11.6 Å². The van der Waals surface area contributed by atoms with E-state index in [2.05, 4.69) is 53.6 Å². The Morgan fingerprint density at radius 1 is 1.05 bits per heavy atom. The molecule has 0 spiro atoms. The summed E-state index contributed by atoms with van der Waals surface area (Å²) in [5.41, 5.74) is 4.51. The molecule has 0 bridgehead atoms. The Hall–Kier alpha value is -1.90. The number of fused-ring (bicyclic) bond motifs is 1. The van der Waals surface area contributed by atoms with Crippen molar-refractivity contribution in [3.8, 4) is 11.1 Å². The van der Waals surface area contributed by atoms with E-state index >= 15 is 0 Å². The first-order valence-electron chi connectivity index (χ1n) is 7.12. The molecule has 0 atom stereocenters. The summed E-state index contributed by atoms with van der Waals surface area (Å²) >= 11 is 6.26. The Balaban J connectivity index is 2.01. The molecule has 1 N–H and O–H groups in total. The molecule has 3 heteroatoms. The predicted octanol–water partition coefficient (Wildman–Crippen LogP) is 4.66. The summed E-state index contributed by atoms with van der Waals surface area (Å²) in [6, 6.07) is 16.6. The first kappa shape index (κ1) is 14.1. The Labute approximate surface area is 129 Å². The third-order valence-corrected chi connectivity index (χ3v) is 3.92. The molecule has 1 aromatic heterocycles. The molecule has 1 heterocycles. The van der Waals surface area contributed by atoms with Gasteiger partial charge in [0.2, 0.25) is 0 Å². The average Bonchev–Trinajstić information content (AvgIpc) is 2.53. The maximum absolute atomic E-state index is 6.26. The largest absolute Gasteiger partial charge is 0.313 e. The van der Waals surface area contributed by atoms with Gasteiger partial charge in [0.25, 0.3) is 0 Å². The number of pyridine rings is 1. The van der Waals surface area contributed by atoms with E-state index in [1.807, 2.05) is 18.3 Å². The molecular weight excluding hydrogens is 280 g/mol. The smallest absolute Gasteiger partial charge is 0.0702 e. The summed E-state index contributed by atoms with van der Waals surface area (Å²) in [6.07, 6.45) is 1.82. The predicted molar refractivity (Wildman–Crippen MR) is 89.6 cm³/mol. The maximum atomic E-state index is 6.26. The van der Waals surface area contributed by atoms with Crippen molar-refractivity contribution in [2.45, 2.75) is 13.5 Å². The van der Waals surface area contributed by atoms with Crippen LogP contribution >= 0.6 is 11.6 Å². The fourth-order valence-electron chi connectivity index (χ4n) is 2.40. The minimum Gasteiger partial charge on any atom is -0.313 e. The minimum atomic E-state index is 0.790. The van der Waals surface area contributed by atoms with Crippen LogP contribution < -0.4 is 5.32 Å². The van der Waals surface area contributed by atoms with Crippen molar-refractivity contribution in [3.63, 3.8) is 0 Å². The fraction of sp³-hybridized carbons (Fsp3) is 0.167. The zero-order valence-corrected chi connectivity index (χ0v) is 12.7. The Morgan fingerprint density at radius 2 is 1.86 bits per heavy atom.